The Morgan fingerprint density at radius 3 is 2.25 bits per heavy atom. The van der Waals surface area contributed by atoms with Gasteiger partial charge in [-0.15, -0.1) is 0 Å². The Morgan fingerprint density at radius 2 is 1.58 bits per heavy atom. The first-order valence-electron chi connectivity index (χ1n) is 35.4. The largest absolute Gasteiger partial charge is 0.481 e. The van der Waals surface area contributed by atoms with Crippen molar-refractivity contribution in [1.82, 2.24) is 9.88 Å². The van der Waals surface area contributed by atoms with Crippen molar-refractivity contribution in [3.63, 3.8) is 0 Å². The number of pyridine rings is 1. The Balaban J connectivity index is 0.000000366. The molecule has 1 aromatic heterocycles. The van der Waals surface area contributed by atoms with E-state index in [4.69, 9.17) is 38.5 Å². The van der Waals surface area contributed by atoms with Crippen molar-refractivity contribution in [2.24, 2.45) is 35.5 Å². The molecule has 3 aliphatic heterocycles. The first kappa shape index (κ1) is 79.8. The maximum absolute atomic E-state index is 14.5. The van der Waals surface area contributed by atoms with E-state index in [-0.39, 0.29) is 86.4 Å². The van der Waals surface area contributed by atoms with Crippen LogP contribution in [-0.2, 0) is 57.2 Å². The van der Waals surface area contributed by atoms with Gasteiger partial charge in [-0.25, -0.2) is 9.18 Å². The van der Waals surface area contributed by atoms with Gasteiger partial charge < -0.3 is 64.0 Å². The molecule has 4 heterocycles. The standard InChI is InChI=1S/C53H83NO14.C25H24FNO4/c1-32-16-12-11-13-17-33(2)44(63-8)30-40-21-19-38(7)53(62,68-40)50(59)51(60)54-23-15-14-18-41(54)52(61)67-45(35(4)28-39-20-22-43(66-25-24-55)46(29-39)64-9)31-42(56)34(3)27-37(6)48(58)49(65-10)47(57)36(5)26-32;26-17-9-7-15(8-10-17)24-20-3-1-2-4-22(20)27-25(16-5-6-16)21(24)12-11-18(28)13-19(29)14-23(30)31/h11-13,16-17,27,32,34-36,38-41,43-46,48-49,55,58,62H,14-15,18-26,28-31H2,1-10H3;1-4,7-12,16,18-19,28-29H,5-6,13-14H2,(H,30,31)/b13-11+,16-12-,33-17+,37-27+;12-11+/t32-,34-,35-,36-,38-,39+,40+,41+,43-,44+,45+,46-,48-,49+,53-;18-,19-/m11/s1. The van der Waals surface area contributed by atoms with Crippen LogP contribution in [0.1, 0.15) is 168 Å². The van der Waals surface area contributed by atoms with Crippen molar-refractivity contribution in [3.05, 3.63) is 119 Å². The Morgan fingerprint density at radius 1 is 0.848 bits per heavy atom. The molecule has 2 saturated carbocycles. The van der Waals surface area contributed by atoms with E-state index in [0.717, 1.165) is 58.1 Å². The van der Waals surface area contributed by atoms with E-state index in [1.165, 1.54) is 24.1 Å². The van der Waals surface area contributed by atoms with Gasteiger partial charge in [0.25, 0.3) is 11.7 Å². The number of ether oxygens (including phenoxy) is 6. The van der Waals surface area contributed by atoms with Crippen LogP contribution < -0.4 is 0 Å². The second-order valence-corrected chi connectivity index (χ2v) is 28.2. The minimum atomic E-state index is -2.43. The number of esters is 1. The Bertz CT molecular complexity index is 3360. The van der Waals surface area contributed by atoms with Crippen LogP contribution in [0.25, 0.3) is 28.1 Å². The lowest BCUT2D eigenvalue weighted by molar-refractivity contribution is -0.265. The molecule has 2 aromatic carbocycles. The summed E-state index contributed by atoms with van der Waals surface area (Å²) in [6.07, 6.45) is 14.8. The maximum Gasteiger partial charge on any atom is 0.329 e. The number of carboxylic acids is 1. The molecule has 6 N–H and O–H groups in total. The van der Waals surface area contributed by atoms with Gasteiger partial charge in [0.2, 0.25) is 5.79 Å². The monoisotopic (exact) mass is 1380 g/mol. The number of benzene rings is 2. The van der Waals surface area contributed by atoms with E-state index in [9.17, 15) is 58.7 Å². The molecule has 17 atom stereocenters. The zero-order valence-electron chi connectivity index (χ0n) is 59.3. The number of halogens is 1. The summed E-state index contributed by atoms with van der Waals surface area (Å²) in [6, 6.07) is 13.0. The molecular weight excluding hydrogens is 1270 g/mol. The molecule has 5 aliphatic rings. The number of allylic oxidation sites excluding steroid dienone is 6. The van der Waals surface area contributed by atoms with E-state index < -0.39 is 102 Å². The van der Waals surface area contributed by atoms with E-state index in [2.05, 4.69) is 0 Å². The third-order valence-corrected chi connectivity index (χ3v) is 20.3. The minimum absolute atomic E-state index is 0.0158. The number of piperidine rings is 1. The molecule has 99 heavy (non-hydrogen) atoms. The van der Waals surface area contributed by atoms with E-state index in [1.54, 1.807) is 65.4 Å². The van der Waals surface area contributed by atoms with Crippen molar-refractivity contribution in [1.29, 1.82) is 0 Å². The summed E-state index contributed by atoms with van der Waals surface area (Å²) < 4.78 is 49.1. The van der Waals surface area contributed by atoms with Crippen molar-refractivity contribution in [2.45, 2.75) is 224 Å². The number of hydrogen-bond acceptors (Lipinski definition) is 18. The highest BCUT2D eigenvalue weighted by atomic mass is 19.1. The van der Waals surface area contributed by atoms with Gasteiger partial charge >= 0.3 is 11.9 Å². The van der Waals surface area contributed by atoms with Gasteiger partial charge in [0.1, 0.15) is 36.0 Å². The smallest absolute Gasteiger partial charge is 0.329 e. The van der Waals surface area contributed by atoms with Crippen molar-refractivity contribution in [3.8, 4) is 11.1 Å². The van der Waals surface area contributed by atoms with E-state index in [0.29, 0.717) is 69.3 Å². The Kier molecular flexibility index (Phi) is 30.6. The highest BCUT2D eigenvalue weighted by Gasteiger charge is 2.53. The van der Waals surface area contributed by atoms with Gasteiger partial charge in [0.15, 0.2) is 5.78 Å². The molecule has 2 saturated heterocycles. The number of carboxylic acid groups (broad SMARTS) is 1. The SMILES string of the molecule is CO[C@H]1C[C@@H]2CC[C@@H](C)[C@@](O)(O2)C(=O)C(=O)N2CCCC[C@H]2C(=O)O[C@H]([C@H](C)C[C@@H]2CC[C@@H](OCCO)[C@H](OC)C2)CC(=O)[C@H](C)/C=C(\C)[C@@H](O)[C@@H](OC)C(=O)[C@H](C)C[C@H](C)\C=C/C=C/C=C/1C.O=C(O)C[C@H](O)C[C@H](O)/C=C/c1c(C2CC2)nc2ccccc2c1-c1ccc(F)cc1. The van der Waals surface area contributed by atoms with Gasteiger partial charge in [-0.05, 0) is 144 Å². The van der Waals surface area contributed by atoms with Gasteiger partial charge in [-0.2, -0.15) is 0 Å². The summed E-state index contributed by atoms with van der Waals surface area (Å²) >= 11 is 0. The molecule has 0 spiro atoms. The van der Waals surface area contributed by atoms with Crippen molar-refractivity contribution in [2.75, 3.05) is 41.1 Å². The van der Waals surface area contributed by atoms with Gasteiger partial charge in [0.05, 0.1) is 67.5 Å². The molecule has 0 radical (unpaired) electrons. The van der Waals surface area contributed by atoms with Crippen LogP contribution in [0, 0.1) is 41.3 Å². The molecule has 20 nitrogen and oxygen atoms in total. The second-order valence-electron chi connectivity index (χ2n) is 28.2. The fraction of sp³-hybridized carbons (Fsp3) is 0.603. The molecule has 1 amide bonds. The van der Waals surface area contributed by atoms with Crippen LogP contribution in [0.3, 0.4) is 0 Å². The molecule has 0 unspecified atom stereocenters. The molecule has 2 aliphatic carbocycles. The van der Waals surface area contributed by atoms with Crippen LogP contribution in [0.5, 0.6) is 0 Å². The number of para-hydroxylation sites is 1. The molecule has 2 bridgehead atoms. The van der Waals surface area contributed by atoms with Crippen molar-refractivity contribution >= 4 is 52.2 Å². The third kappa shape index (κ3) is 22.0. The predicted octanol–water partition coefficient (Wildman–Crippen LogP) is 10.7. The highest BCUT2D eigenvalue weighted by molar-refractivity contribution is 6.39. The number of Topliss-reactive ketones (excluding diaryl/α,β-unsaturated/α-hetero) is 3. The number of aliphatic hydroxyl groups is 5. The fourth-order valence-corrected chi connectivity index (χ4v) is 14.4. The normalized spacial score (nSPS) is 31.9. The number of nitrogens with zero attached hydrogens (tertiary/aromatic N) is 2. The number of carbonyl (C=O) groups is 6. The number of aliphatic carboxylic acids is 1. The number of aliphatic hydroxyl groups excluding tert-OH is 4. The molecule has 3 aromatic rings. The fourth-order valence-electron chi connectivity index (χ4n) is 14.4. The zero-order valence-corrected chi connectivity index (χ0v) is 59.3. The molecular formula is C78H107FN2O18. The van der Waals surface area contributed by atoms with E-state index >= 15 is 0 Å². The Labute approximate surface area is 582 Å². The maximum atomic E-state index is 14.5. The quantitative estimate of drug-likeness (QED) is 0.0416. The third-order valence-electron chi connectivity index (χ3n) is 20.3. The van der Waals surface area contributed by atoms with Crippen LogP contribution >= 0.6 is 0 Å². The number of amides is 1. The summed E-state index contributed by atoms with van der Waals surface area (Å²) in [4.78, 5) is 87.8. The predicted molar refractivity (Wildman–Crippen MR) is 373 cm³/mol. The van der Waals surface area contributed by atoms with Crippen molar-refractivity contribution < 1.29 is 92.2 Å². The minimum Gasteiger partial charge on any atom is -0.481 e. The number of carbonyl (C=O) groups excluding carboxylic acids is 5. The number of aromatic nitrogens is 1. The topological polar surface area (TPSA) is 295 Å². The summed E-state index contributed by atoms with van der Waals surface area (Å²) in [6.45, 7) is 12.9. The number of rotatable bonds is 17. The average Bonchev–Trinajstić information content (AvgIpc) is 1.75. The lowest BCUT2D eigenvalue weighted by Crippen LogP contribution is -2.61. The lowest BCUT2D eigenvalue weighted by atomic mass is 9.78. The van der Waals surface area contributed by atoms with Crippen LogP contribution in [-0.4, -0.2) is 184 Å². The zero-order chi connectivity index (χ0) is 72.3. The number of fused-ring (bicyclic) bond motifs is 4. The Hall–Kier alpha value is -6.50. The number of ketones is 3. The average molecular weight is 1380 g/mol. The highest BCUT2D eigenvalue weighted by Crippen LogP contribution is 2.46. The summed E-state index contributed by atoms with van der Waals surface area (Å²) in [5, 5.41) is 62.7. The summed E-state index contributed by atoms with van der Waals surface area (Å²) in [5.41, 5.74) is 5.69. The first-order valence-corrected chi connectivity index (χ1v) is 35.4. The lowest BCUT2D eigenvalue weighted by Gasteiger charge is -2.42. The molecule has 4 fully saturated rings. The number of cyclic esters (lactones) is 1. The second kappa shape index (κ2) is 38.0. The van der Waals surface area contributed by atoms with Gasteiger partial charge in [0, 0.05) is 87.3 Å². The van der Waals surface area contributed by atoms with Crippen LogP contribution in [0.15, 0.2) is 102 Å². The van der Waals surface area contributed by atoms with Crippen LogP contribution in [0.2, 0.25) is 0 Å². The van der Waals surface area contributed by atoms with E-state index in [1.807, 2.05) is 82.3 Å². The van der Waals surface area contributed by atoms with Gasteiger partial charge in [-0.3, -0.25) is 29.0 Å². The number of hydrogen-bond donors (Lipinski definition) is 6. The molecule has 544 valence electrons. The summed E-state index contributed by atoms with van der Waals surface area (Å²) in [7, 11) is 4.58. The first-order chi connectivity index (χ1) is 47.2. The molecule has 21 heteroatoms. The van der Waals surface area contributed by atoms with Crippen LogP contribution in [0.4, 0.5) is 4.39 Å². The number of methoxy groups -OCH3 is 3. The molecule has 8 rings (SSSR count). The summed E-state index contributed by atoms with van der Waals surface area (Å²) in [5.74, 6) is -9.06. The van der Waals surface area contributed by atoms with Gasteiger partial charge in [-0.1, -0.05) is 114 Å².